The van der Waals surface area contributed by atoms with Crippen LogP contribution in [0.2, 0.25) is 0 Å². The summed E-state index contributed by atoms with van der Waals surface area (Å²) in [6.07, 6.45) is 1.51. The van der Waals surface area contributed by atoms with E-state index >= 15 is 0 Å². The van der Waals surface area contributed by atoms with Crippen molar-refractivity contribution >= 4 is 11.8 Å². The van der Waals surface area contributed by atoms with Gasteiger partial charge in [-0.15, -0.1) is 5.10 Å². The molecule has 1 atom stereocenters. The Morgan fingerprint density at radius 2 is 2.26 bits per heavy atom. The predicted molar refractivity (Wildman–Crippen MR) is 73.6 cm³/mol. The first-order valence-electron chi connectivity index (χ1n) is 6.20. The fraction of sp³-hybridized carbons (Fsp3) is 0.385. The van der Waals surface area contributed by atoms with Gasteiger partial charge < -0.3 is 5.73 Å². The lowest BCUT2D eigenvalue weighted by atomic mass is 10.0. The third-order valence-electron chi connectivity index (χ3n) is 2.83. The number of hydrogen-bond acceptors (Lipinski definition) is 4. The van der Waals surface area contributed by atoms with E-state index in [-0.39, 0.29) is 11.9 Å². The summed E-state index contributed by atoms with van der Waals surface area (Å²) < 4.78 is 14.0. The third kappa shape index (κ3) is 3.54. The van der Waals surface area contributed by atoms with Crippen molar-refractivity contribution < 1.29 is 4.39 Å². The first kappa shape index (κ1) is 14.0. The van der Waals surface area contributed by atoms with Crippen LogP contribution >= 0.6 is 11.8 Å². The van der Waals surface area contributed by atoms with Gasteiger partial charge in [0.05, 0.1) is 4.90 Å². The Balaban J connectivity index is 2.27. The van der Waals surface area contributed by atoms with Crippen LogP contribution in [-0.4, -0.2) is 21.2 Å². The van der Waals surface area contributed by atoms with Crippen molar-refractivity contribution in [1.29, 1.82) is 0 Å². The summed E-state index contributed by atoms with van der Waals surface area (Å²) in [5, 5.41) is 7.29. The Bertz CT molecular complexity index is 555. The Kier molecular flexibility index (Phi) is 4.55. The van der Waals surface area contributed by atoms with Gasteiger partial charge in [-0.3, -0.25) is 5.10 Å². The van der Waals surface area contributed by atoms with E-state index in [1.165, 1.54) is 17.8 Å². The quantitative estimate of drug-likeness (QED) is 0.883. The highest BCUT2D eigenvalue weighted by Crippen LogP contribution is 2.31. The first-order valence-corrected chi connectivity index (χ1v) is 7.01. The summed E-state index contributed by atoms with van der Waals surface area (Å²) in [4.78, 5) is 4.75. The number of nitrogens with one attached hydrogen (secondary N) is 1. The second kappa shape index (κ2) is 6.16. The van der Waals surface area contributed by atoms with Crippen LogP contribution in [0.1, 0.15) is 24.7 Å². The van der Waals surface area contributed by atoms with Gasteiger partial charge in [-0.05, 0) is 43.2 Å². The third-order valence-corrected chi connectivity index (χ3v) is 3.85. The maximum Gasteiger partial charge on any atom is 0.213 e. The summed E-state index contributed by atoms with van der Waals surface area (Å²) in [6, 6.07) is 5.10. The molecular formula is C13H17FN4S. The average molecular weight is 280 g/mol. The Morgan fingerprint density at radius 3 is 2.89 bits per heavy atom. The molecule has 0 aliphatic carbocycles. The molecular weight excluding hydrogens is 263 g/mol. The van der Waals surface area contributed by atoms with Crippen molar-refractivity contribution in [2.75, 3.05) is 0 Å². The van der Waals surface area contributed by atoms with Crippen molar-refractivity contribution in [3.05, 3.63) is 35.4 Å². The molecule has 4 nitrogen and oxygen atoms in total. The first-order chi connectivity index (χ1) is 9.10. The van der Waals surface area contributed by atoms with Crippen molar-refractivity contribution in [3.8, 4) is 0 Å². The minimum Gasteiger partial charge on any atom is -0.327 e. The van der Waals surface area contributed by atoms with Crippen molar-refractivity contribution in [3.63, 3.8) is 0 Å². The molecule has 2 rings (SSSR count). The van der Waals surface area contributed by atoms with E-state index in [1.807, 2.05) is 19.9 Å². The van der Waals surface area contributed by atoms with E-state index in [1.54, 1.807) is 6.07 Å². The number of nitrogens with two attached hydrogens (primary N) is 1. The molecule has 0 aliphatic heterocycles. The summed E-state index contributed by atoms with van der Waals surface area (Å²) in [5.41, 5.74) is 6.86. The van der Waals surface area contributed by atoms with Crippen molar-refractivity contribution in [2.24, 2.45) is 5.73 Å². The number of hydrogen-bond donors (Lipinski definition) is 2. The fourth-order valence-corrected chi connectivity index (χ4v) is 2.62. The van der Waals surface area contributed by atoms with Crippen LogP contribution < -0.4 is 5.73 Å². The normalized spacial score (nSPS) is 12.6. The number of aryl methyl sites for hydroxylation is 1. The lowest BCUT2D eigenvalue weighted by Gasteiger charge is -2.12. The summed E-state index contributed by atoms with van der Waals surface area (Å²) in [6.45, 7) is 3.84. The van der Waals surface area contributed by atoms with E-state index < -0.39 is 0 Å². The highest BCUT2D eigenvalue weighted by Gasteiger charge is 2.14. The number of benzene rings is 1. The molecule has 0 bridgehead atoms. The molecule has 1 heterocycles. The number of aromatic nitrogens is 3. The maximum absolute atomic E-state index is 14.0. The Labute approximate surface area is 116 Å². The molecule has 0 radical (unpaired) electrons. The van der Waals surface area contributed by atoms with Gasteiger partial charge in [0.25, 0.3) is 0 Å². The standard InChI is InChI=1S/C13H17FN4S/c1-3-10(15)7-9-5-4-6-11(14)12(9)19-13-16-8(2)17-18-13/h4-6,10H,3,7,15H2,1-2H3,(H,16,17,18). The van der Waals surface area contributed by atoms with Crippen LogP contribution in [0.25, 0.3) is 0 Å². The van der Waals surface area contributed by atoms with Crippen LogP contribution in [0.15, 0.2) is 28.3 Å². The molecule has 1 unspecified atom stereocenters. The van der Waals surface area contributed by atoms with Crippen molar-refractivity contribution in [1.82, 2.24) is 15.2 Å². The van der Waals surface area contributed by atoms with E-state index in [4.69, 9.17) is 5.73 Å². The molecule has 102 valence electrons. The lowest BCUT2D eigenvalue weighted by molar-refractivity contribution is 0.585. The molecule has 0 saturated carbocycles. The van der Waals surface area contributed by atoms with Gasteiger partial charge >= 0.3 is 0 Å². The van der Waals surface area contributed by atoms with Crippen LogP contribution in [0.3, 0.4) is 0 Å². The SMILES string of the molecule is CCC(N)Cc1cccc(F)c1Sc1n[nH]c(C)n1. The minimum atomic E-state index is -0.256. The van der Waals surface area contributed by atoms with Crippen molar-refractivity contribution in [2.45, 2.75) is 42.8 Å². The predicted octanol–water partition coefficient (Wildman–Crippen LogP) is 2.68. The van der Waals surface area contributed by atoms with Crippen LogP contribution in [-0.2, 0) is 6.42 Å². The number of halogens is 1. The van der Waals surface area contributed by atoms with Crippen LogP contribution in [0.4, 0.5) is 4.39 Å². The second-order valence-corrected chi connectivity index (χ2v) is 5.38. The Morgan fingerprint density at radius 1 is 1.47 bits per heavy atom. The molecule has 0 saturated heterocycles. The fourth-order valence-electron chi connectivity index (χ4n) is 1.71. The molecule has 1 aromatic carbocycles. The van der Waals surface area contributed by atoms with Crippen LogP contribution in [0.5, 0.6) is 0 Å². The Hall–Kier alpha value is -1.40. The van der Waals surface area contributed by atoms with Gasteiger partial charge in [0.1, 0.15) is 11.6 Å². The summed E-state index contributed by atoms with van der Waals surface area (Å²) in [5.74, 6) is 0.457. The molecule has 3 N–H and O–H groups in total. The van der Waals surface area contributed by atoms with Gasteiger partial charge in [0.15, 0.2) is 0 Å². The largest absolute Gasteiger partial charge is 0.327 e. The number of rotatable bonds is 5. The smallest absolute Gasteiger partial charge is 0.213 e. The molecule has 1 aromatic heterocycles. The van der Waals surface area contributed by atoms with Gasteiger partial charge in [-0.1, -0.05) is 19.1 Å². The van der Waals surface area contributed by atoms with E-state index in [9.17, 15) is 4.39 Å². The molecule has 0 aliphatic rings. The highest BCUT2D eigenvalue weighted by molar-refractivity contribution is 7.99. The lowest BCUT2D eigenvalue weighted by Crippen LogP contribution is -2.21. The minimum absolute atomic E-state index is 0.0371. The topological polar surface area (TPSA) is 67.6 Å². The average Bonchev–Trinajstić information content (AvgIpc) is 2.79. The molecule has 0 fully saturated rings. The number of aromatic amines is 1. The van der Waals surface area contributed by atoms with Crippen LogP contribution in [0, 0.1) is 12.7 Å². The maximum atomic E-state index is 14.0. The van der Waals surface area contributed by atoms with Gasteiger partial charge in [0, 0.05) is 6.04 Å². The van der Waals surface area contributed by atoms with E-state index in [0.717, 1.165) is 12.0 Å². The second-order valence-electron chi connectivity index (χ2n) is 4.41. The summed E-state index contributed by atoms with van der Waals surface area (Å²) >= 11 is 1.23. The van der Waals surface area contributed by atoms with Gasteiger partial charge in [-0.2, -0.15) is 0 Å². The molecule has 0 amide bonds. The summed E-state index contributed by atoms with van der Waals surface area (Å²) in [7, 11) is 0. The van der Waals surface area contributed by atoms with E-state index in [2.05, 4.69) is 15.2 Å². The van der Waals surface area contributed by atoms with Gasteiger partial charge in [0.2, 0.25) is 5.16 Å². The number of H-pyrrole nitrogens is 1. The number of nitrogens with zero attached hydrogens (tertiary/aromatic N) is 2. The van der Waals surface area contributed by atoms with E-state index in [0.29, 0.717) is 22.3 Å². The highest BCUT2D eigenvalue weighted by atomic mass is 32.2. The zero-order chi connectivity index (χ0) is 13.8. The zero-order valence-corrected chi connectivity index (χ0v) is 11.8. The zero-order valence-electron chi connectivity index (χ0n) is 11.0. The molecule has 19 heavy (non-hydrogen) atoms. The molecule has 0 spiro atoms. The molecule has 6 heteroatoms. The monoisotopic (exact) mass is 280 g/mol. The molecule has 2 aromatic rings. The van der Waals surface area contributed by atoms with Gasteiger partial charge in [-0.25, -0.2) is 9.37 Å².